The summed E-state index contributed by atoms with van der Waals surface area (Å²) in [7, 11) is 3.82. The summed E-state index contributed by atoms with van der Waals surface area (Å²) in [6.45, 7) is 9.50. The number of hydrogen-bond donors (Lipinski definition) is 2. The molecule has 1 atom stereocenters. The van der Waals surface area contributed by atoms with Crippen molar-refractivity contribution in [3.8, 4) is 0 Å². The van der Waals surface area contributed by atoms with E-state index >= 15 is 0 Å². The molecular formula is C16H33IN4O3. The van der Waals surface area contributed by atoms with E-state index in [1.807, 2.05) is 27.8 Å². The second-order valence-electron chi connectivity index (χ2n) is 6.87. The molecule has 1 heterocycles. The largest absolute Gasteiger partial charge is 0.444 e. The fourth-order valence-electron chi connectivity index (χ4n) is 2.38. The second kappa shape index (κ2) is 11.7. The molecule has 1 fully saturated rings. The van der Waals surface area contributed by atoms with Gasteiger partial charge in [-0.3, -0.25) is 4.99 Å². The maximum absolute atomic E-state index is 11.5. The number of ether oxygens (including phenoxy) is 2. The molecule has 8 heteroatoms. The van der Waals surface area contributed by atoms with Crippen LogP contribution in [0.1, 0.15) is 33.6 Å². The average Bonchev–Trinajstić information content (AvgIpc) is 2.93. The normalized spacial score (nSPS) is 17.9. The van der Waals surface area contributed by atoms with Gasteiger partial charge in [0.2, 0.25) is 0 Å². The van der Waals surface area contributed by atoms with Crippen LogP contribution in [-0.4, -0.2) is 69.5 Å². The number of carbonyl (C=O) groups is 1. The maximum Gasteiger partial charge on any atom is 0.407 e. The Labute approximate surface area is 162 Å². The number of nitrogens with zero attached hydrogens (tertiary/aromatic N) is 2. The Balaban J connectivity index is 0.00000529. The van der Waals surface area contributed by atoms with Gasteiger partial charge in [-0.05, 0) is 33.6 Å². The van der Waals surface area contributed by atoms with Crippen molar-refractivity contribution >= 4 is 36.0 Å². The van der Waals surface area contributed by atoms with Gasteiger partial charge in [-0.25, -0.2) is 4.79 Å². The number of alkyl carbamates (subject to hydrolysis) is 1. The minimum atomic E-state index is -0.461. The summed E-state index contributed by atoms with van der Waals surface area (Å²) < 4.78 is 10.6. The summed E-state index contributed by atoms with van der Waals surface area (Å²) >= 11 is 0. The van der Waals surface area contributed by atoms with Crippen molar-refractivity contribution in [2.75, 3.05) is 46.9 Å². The quantitative estimate of drug-likeness (QED) is 0.277. The summed E-state index contributed by atoms with van der Waals surface area (Å²) in [5.74, 6) is 1.45. The molecule has 1 amide bonds. The molecule has 0 bridgehead atoms. The Morgan fingerprint density at radius 1 is 1.33 bits per heavy atom. The number of nitrogens with one attached hydrogen (secondary N) is 2. The second-order valence-corrected chi connectivity index (χ2v) is 6.87. The van der Waals surface area contributed by atoms with Gasteiger partial charge >= 0.3 is 6.09 Å². The Hall–Kier alpha value is -0.770. The third-order valence-corrected chi connectivity index (χ3v) is 3.43. The standard InChI is InChI=1S/C16H32N4O3.HI/c1-16(2,3)23-15(21)19-9-6-8-18-14(17-4)20(5)11-13-7-10-22-12-13;/h13H,6-12H2,1-5H3,(H,17,18)(H,19,21);1H. The van der Waals surface area contributed by atoms with E-state index in [1.165, 1.54) is 0 Å². The highest BCUT2D eigenvalue weighted by Gasteiger charge is 2.19. The van der Waals surface area contributed by atoms with Gasteiger partial charge in [0, 0.05) is 46.3 Å². The lowest BCUT2D eigenvalue weighted by molar-refractivity contribution is 0.0527. The number of aliphatic imine (C=N–C) groups is 1. The summed E-state index contributed by atoms with van der Waals surface area (Å²) in [4.78, 5) is 17.9. The summed E-state index contributed by atoms with van der Waals surface area (Å²) in [6.07, 6.45) is 1.54. The van der Waals surface area contributed by atoms with Crippen LogP contribution in [0.5, 0.6) is 0 Å². The molecule has 0 aromatic carbocycles. The first-order valence-electron chi connectivity index (χ1n) is 8.28. The van der Waals surface area contributed by atoms with Gasteiger partial charge in [-0.1, -0.05) is 0 Å². The number of guanidine groups is 1. The van der Waals surface area contributed by atoms with E-state index < -0.39 is 5.60 Å². The number of rotatable bonds is 6. The zero-order valence-corrected chi connectivity index (χ0v) is 17.9. The summed E-state index contributed by atoms with van der Waals surface area (Å²) in [6, 6.07) is 0. The van der Waals surface area contributed by atoms with Crippen LogP contribution < -0.4 is 10.6 Å². The molecule has 1 saturated heterocycles. The molecule has 24 heavy (non-hydrogen) atoms. The molecule has 1 aliphatic heterocycles. The molecule has 2 N–H and O–H groups in total. The molecule has 1 aliphatic rings. The predicted molar refractivity (Wildman–Crippen MR) is 107 cm³/mol. The number of hydrogen-bond acceptors (Lipinski definition) is 4. The molecule has 0 saturated carbocycles. The van der Waals surface area contributed by atoms with E-state index in [9.17, 15) is 4.79 Å². The van der Waals surface area contributed by atoms with Crippen molar-refractivity contribution in [2.45, 2.75) is 39.2 Å². The molecule has 0 aliphatic carbocycles. The van der Waals surface area contributed by atoms with Gasteiger partial charge < -0.3 is 25.0 Å². The zero-order valence-electron chi connectivity index (χ0n) is 15.6. The first-order chi connectivity index (χ1) is 10.8. The van der Waals surface area contributed by atoms with Gasteiger partial charge in [-0.15, -0.1) is 24.0 Å². The molecule has 1 unspecified atom stereocenters. The Morgan fingerprint density at radius 3 is 2.54 bits per heavy atom. The van der Waals surface area contributed by atoms with Crippen molar-refractivity contribution in [2.24, 2.45) is 10.9 Å². The third-order valence-electron chi connectivity index (χ3n) is 3.43. The predicted octanol–water partition coefficient (Wildman–Crippen LogP) is 2.06. The van der Waals surface area contributed by atoms with Crippen molar-refractivity contribution < 1.29 is 14.3 Å². The Kier molecular flexibility index (Phi) is 11.4. The fourth-order valence-corrected chi connectivity index (χ4v) is 2.38. The van der Waals surface area contributed by atoms with Crippen LogP contribution in [0.25, 0.3) is 0 Å². The number of amides is 1. The lowest BCUT2D eigenvalue weighted by Crippen LogP contribution is -2.42. The number of halogens is 1. The molecule has 0 aromatic heterocycles. The molecule has 0 aromatic rings. The van der Waals surface area contributed by atoms with Gasteiger partial charge in [0.1, 0.15) is 5.60 Å². The van der Waals surface area contributed by atoms with Crippen LogP contribution >= 0.6 is 24.0 Å². The lowest BCUT2D eigenvalue weighted by atomic mass is 10.1. The maximum atomic E-state index is 11.5. The van der Waals surface area contributed by atoms with Gasteiger partial charge in [0.25, 0.3) is 0 Å². The molecule has 1 rings (SSSR count). The highest BCUT2D eigenvalue weighted by atomic mass is 127. The molecule has 142 valence electrons. The Bertz CT molecular complexity index is 393. The van der Waals surface area contributed by atoms with Crippen molar-refractivity contribution in [3.63, 3.8) is 0 Å². The fraction of sp³-hybridized carbons (Fsp3) is 0.875. The summed E-state index contributed by atoms with van der Waals surface area (Å²) in [5, 5.41) is 6.06. The van der Waals surface area contributed by atoms with E-state index in [0.717, 1.165) is 45.1 Å². The molecule has 7 nitrogen and oxygen atoms in total. The molecular weight excluding hydrogens is 423 g/mol. The highest BCUT2D eigenvalue weighted by Crippen LogP contribution is 2.13. The van der Waals surface area contributed by atoms with Crippen LogP contribution in [0, 0.1) is 5.92 Å². The lowest BCUT2D eigenvalue weighted by Gasteiger charge is -2.24. The number of carbonyl (C=O) groups excluding carboxylic acids is 1. The van der Waals surface area contributed by atoms with Crippen molar-refractivity contribution in [3.05, 3.63) is 0 Å². The van der Waals surface area contributed by atoms with E-state index in [4.69, 9.17) is 9.47 Å². The Morgan fingerprint density at radius 2 is 2.00 bits per heavy atom. The van der Waals surface area contributed by atoms with Crippen LogP contribution in [-0.2, 0) is 9.47 Å². The first kappa shape index (κ1) is 23.2. The zero-order chi connectivity index (χ0) is 17.3. The third kappa shape index (κ3) is 10.2. The molecule has 0 radical (unpaired) electrons. The smallest absolute Gasteiger partial charge is 0.407 e. The van der Waals surface area contributed by atoms with Crippen LogP contribution in [0.2, 0.25) is 0 Å². The highest BCUT2D eigenvalue weighted by molar-refractivity contribution is 14.0. The topological polar surface area (TPSA) is 75.2 Å². The minimum absolute atomic E-state index is 0. The van der Waals surface area contributed by atoms with Crippen LogP contribution in [0.4, 0.5) is 4.79 Å². The van der Waals surface area contributed by atoms with Crippen molar-refractivity contribution in [1.82, 2.24) is 15.5 Å². The van der Waals surface area contributed by atoms with Crippen molar-refractivity contribution in [1.29, 1.82) is 0 Å². The van der Waals surface area contributed by atoms with Gasteiger partial charge in [0.05, 0.1) is 6.61 Å². The van der Waals surface area contributed by atoms with E-state index in [-0.39, 0.29) is 30.1 Å². The first-order valence-corrected chi connectivity index (χ1v) is 8.28. The summed E-state index contributed by atoms with van der Waals surface area (Å²) in [5.41, 5.74) is -0.461. The van der Waals surface area contributed by atoms with Crippen LogP contribution in [0.3, 0.4) is 0 Å². The average molecular weight is 456 g/mol. The van der Waals surface area contributed by atoms with Gasteiger partial charge in [0.15, 0.2) is 5.96 Å². The van der Waals surface area contributed by atoms with Crippen LogP contribution in [0.15, 0.2) is 4.99 Å². The molecule has 0 spiro atoms. The monoisotopic (exact) mass is 456 g/mol. The van der Waals surface area contributed by atoms with Gasteiger partial charge in [-0.2, -0.15) is 0 Å². The minimum Gasteiger partial charge on any atom is -0.444 e. The van der Waals surface area contributed by atoms with E-state index in [0.29, 0.717) is 12.5 Å². The van der Waals surface area contributed by atoms with E-state index in [1.54, 1.807) is 7.05 Å². The van der Waals surface area contributed by atoms with E-state index in [2.05, 4.69) is 20.5 Å². The SMILES string of the molecule is CN=C(NCCCNC(=O)OC(C)(C)C)N(C)CC1CCOC1.I.